The van der Waals surface area contributed by atoms with Crippen molar-refractivity contribution in [2.75, 3.05) is 27.5 Å². The Bertz CT molecular complexity index is 1120. The third-order valence-electron chi connectivity index (χ3n) is 5.34. The number of hydrogen-bond acceptors (Lipinski definition) is 6. The Labute approximate surface area is 189 Å². The minimum atomic E-state index is -3.10. The van der Waals surface area contributed by atoms with Crippen molar-refractivity contribution in [1.29, 1.82) is 0 Å². The summed E-state index contributed by atoms with van der Waals surface area (Å²) in [5, 5.41) is 3.58. The Balaban J connectivity index is 1.52. The molecule has 6 nitrogen and oxygen atoms in total. The zero-order valence-electron chi connectivity index (χ0n) is 16.6. The number of aryl methyl sites for hydroxylation is 2. The number of aliphatic imine (C=N–C) groups is 1. The summed E-state index contributed by atoms with van der Waals surface area (Å²) in [6.45, 7) is 4.08. The minimum absolute atomic E-state index is 0.0637. The molecule has 1 fully saturated rings. The average molecular weight is 508 g/mol. The zero-order valence-corrected chi connectivity index (χ0v) is 19.9. The first-order valence-electron chi connectivity index (χ1n) is 9.55. The fourth-order valence-corrected chi connectivity index (χ4v) is 6.70. The van der Waals surface area contributed by atoms with Gasteiger partial charge in [-0.2, -0.15) is 0 Å². The number of benzene rings is 2. The molecule has 1 N–H and O–H groups in total. The van der Waals surface area contributed by atoms with E-state index in [2.05, 4.69) is 32.3 Å². The normalized spacial score (nSPS) is 22.0. The Hall–Kier alpha value is -1.84. The van der Waals surface area contributed by atoms with Crippen molar-refractivity contribution >= 4 is 60.0 Å². The third-order valence-corrected chi connectivity index (χ3v) is 8.53. The summed E-state index contributed by atoms with van der Waals surface area (Å²) in [6, 6.07) is 13.0. The van der Waals surface area contributed by atoms with Gasteiger partial charge >= 0.3 is 0 Å². The van der Waals surface area contributed by atoms with Gasteiger partial charge in [0.15, 0.2) is 15.0 Å². The molecular formula is C21H22BrN3O3S2. The largest absolute Gasteiger partial charge is 0.325 e. The number of halogens is 1. The summed E-state index contributed by atoms with van der Waals surface area (Å²) in [5.74, 6) is 0.217. The molecule has 2 heterocycles. The molecular weight excluding hydrogens is 486 g/mol. The van der Waals surface area contributed by atoms with Gasteiger partial charge in [-0.1, -0.05) is 33.8 Å². The Morgan fingerprint density at radius 1 is 1.17 bits per heavy atom. The van der Waals surface area contributed by atoms with E-state index in [1.54, 1.807) is 0 Å². The predicted octanol–water partition coefficient (Wildman–Crippen LogP) is 3.78. The third kappa shape index (κ3) is 4.58. The number of nitrogens with one attached hydrogen (secondary N) is 1. The molecule has 4 rings (SSSR count). The standard InChI is InChI=1S/C21H22BrN3O3S2/c1-13-3-8-17(9-14(13)2)25-19-12-30(27,28)11-18(19)24-21(25)29-10-20(26)23-16-6-4-15(22)5-7-16/h3-9,18-19H,10-12H2,1-2H3,(H,23,26)/t18-,19-/m0/s1. The van der Waals surface area contributed by atoms with Gasteiger partial charge in [-0.05, 0) is 61.4 Å². The van der Waals surface area contributed by atoms with Crippen LogP contribution in [0.5, 0.6) is 0 Å². The van der Waals surface area contributed by atoms with Gasteiger partial charge < -0.3 is 10.2 Å². The van der Waals surface area contributed by atoms with Crippen LogP contribution in [0.15, 0.2) is 51.9 Å². The number of thioether (sulfide) groups is 1. The Kier molecular flexibility index (Phi) is 5.96. The van der Waals surface area contributed by atoms with Crippen LogP contribution in [0.4, 0.5) is 11.4 Å². The summed E-state index contributed by atoms with van der Waals surface area (Å²) in [6.07, 6.45) is 0. The molecule has 1 amide bonds. The molecule has 0 radical (unpaired) electrons. The van der Waals surface area contributed by atoms with Crippen LogP contribution in [0.3, 0.4) is 0 Å². The van der Waals surface area contributed by atoms with Crippen molar-refractivity contribution in [3.63, 3.8) is 0 Å². The lowest BCUT2D eigenvalue weighted by Gasteiger charge is -2.27. The van der Waals surface area contributed by atoms with E-state index < -0.39 is 9.84 Å². The highest BCUT2D eigenvalue weighted by atomic mass is 79.9. The maximum atomic E-state index is 12.4. The van der Waals surface area contributed by atoms with Gasteiger partial charge in [0.05, 0.1) is 29.3 Å². The summed E-state index contributed by atoms with van der Waals surface area (Å²) >= 11 is 4.72. The summed E-state index contributed by atoms with van der Waals surface area (Å²) in [5.41, 5.74) is 3.95. The maximum absolute atomic E-state index is 12.4. The van der Waals surface area contributed by atoms with Crippen molar-refractivity contribution in [1.82, 2.24) is 0 Å². The van der Waals surface area contributed by atoms with Crippen LogP contribution in [0, 0.1) is 13.8 Å². The van der Waals surface area contributed by atoms with Crippen LogP contribution in [0.25, 0.3) is 0 Å². The van der Waals surface area contributed by atoms with Gasteiger partial charge in [0.25, 0.3) is 0 Å². The van der Waals surface area contributed by atoms with Gasteiger partial charge in [-0.3, -0.25) is 9.79 Å². The number of fused-ring (bicyclic) bond motifs is 1. The Morgan fingerprint density at radius 3 is 2.60 bits per heavy atom. The number of nitrogens with zero attached hydrogens (tertiary/aromatic N) is 2. The molecule has 0 saturated carbocycles. The highest BCUT2D eigenvalue weighted by Crippen LogP contribution is 2.35. The SMILES string of the molecule is Cc1ccc(N2C(SCC(=O)Nc3ccc(Br)cc3)=N[C@H]3CS(=O)(=O)C[C@@H]32)cc1C. The first-order valence-corrected chi connectivity index (χ1v) is 13.1. The van der Waals surface area contributed by atoms with Crippen molar-refractivity contribution in [3.05, 3.63) is 58.1 Å². The van der Waals surface area contributed by atoms with Gasteiger partial charge in [-0.15, -0.1) is 0 Å². The minimum Gasteiger partial charge on any atom is -0.325 e. The molecule has 2 aliphatic heterocycles. The first-order chi connectivity index (χ1) is 14.2. The number of amides is 1. The fourth-order valence-electron chi connectivity index (χ4n) is 3.67. The molecule has 1 saturated heterocycles. The van der Waals surface area contributed by atoms with E-state index >= 15 is 0 Å². The van der Waals surface area contributed by atoms with Gasteiger partial charge in [0.1, 0.15) is 0 Å². The van der Waals surface area contributed by atoms with Crippen LogP contribution in [-0.2, 0) is 14.6 Å². The molecule has 158 valence electrons. The zero-order chi connectivity index (χ0) is 21.5. The lowest BCUT2D eigenvalue weighted by atomic mass is 10.1. The lowest BCUT2D eigenvalue weighted by molar-refractivity contribution is -0.113. The second kappa shape index (κ2) is 8.36. The highest BCUT2D eigenvalue weighted by Gasteiger charge is 2.47. The van der Waals surface area contributed by atoms with E-state index in [1.165, 1.54) is 17.3 Å². The molecule has 2 atom stereocenters. The number of amidine groups is 1. The predicted molar refractivity (Wildman–Crippen MR) is 127 cm³/mol. The van der Waals surface area contributed by atoms with E-state index in [9.17, 15) is 13.2 Å². The van der Waals surface area contributed by atoms with Gasteiger partial charge in [0, 0.05) is 15.8 Å². The summed E-state index contributed by atoms with van der Waals surface area (Å²) in [7, 11) is -3.10. The van der Waals surface area contributed by atoms with E-state index in [0.29, 0.717) is 5.17 Å². The van der Waals surface area contributed by atoms with Crippen molar-refractivity contribution < 1.29 is 13.2 Å². The van der Waals surface area contributed by atoms with Crippen molar-refractivity contribution in [2.45, 2.75) is 25.9 Å². The fraction of sp³-hybridized carbons (Fsp3) is 0.333. The lowest BCUT2D eigenvalue weighted by Crippen LogP contribution is -2.39. The first kappa shape index (κ1) is 21.4. The van der Waals surface area contributed by atoms with Crippen molar-refractivity contribution in [2.24, 2.45) is 4.99 Å². The molecule has 0 aromatic heterocycles. The van der Waals surface area contributed by atoms with Crippen LogP contribution < -0.4 is 10.2 Å². The number of sulfone groups is 1. The molecule has 2 aromatic carbocycles. The Morgan fingerprint density at radius 2 is 1.90 bits per heavy atom. The molecule has 30 heavy (non-hydrogen) atoms. The number of carbonyl (C=O) groups excluding carboxylic acids is 1. The molecule has 0 bridgehead atoms. The maximum Gasteiger partial charge on any atom is 0.234 e. The number of hydrogen-bond donors (Lipinski definition) is 1. The second-order valence-corrected chi connectivity index (χ2v) is 11.6. The summed E-state index contributed by atoms with van der Waals surface area (Å²) in [4.78, 5) is 19.1. The van der Waals surface area contributed by atoms with E-state index in [-0.39, 0.29) is 35.2 Å². The van der Waals surface area contributed by atoms with E-state index in [1.807, 2.05) is 55.1 Å². The molecule has 0 unspecified atom stereocenters. The second-order valence-electron chi connectivity index (χ2n) is 7.61. The number of rotatable bonds is 4. The molecule has 2 aromatic rings. The van der Waals surface area contributed by atoms with Gasteiger partial charge in [-0.25, -0.2) is 8.42 Å². The van der Waals surface area contributed by atoms with Crippen LogP contribution >= 0.6 is 27.7 Å². The highest BCUT2D eigenvalue weighted by molar-refractivity contribution is 9.10. The number of carbonyl (C=O) groups is 1. The average Bonchev–Trinajstić information content (AvgIpc) is 3.15. The molecule has 0 spiro atoms. The number of anilines is 2. The smallest absolute Gasteiger partial charge is 0.234 e. The van der Waals surface area contributed by atoms with Crippen LogP contribution in [-0.4, -0.2) is 48.8 Å². The van der Waals surface area contributed by atoms with E-state index in [0.717, 1.165) is 21.4 Å². The topological polar surface area (TPSA) is 78.8 Å². The quantitative estimate of drug-likeness (QED) is 0.680. The van der Waals surface area contributed by atoms with Crippen LogP contribution in [0.2, 0.25) is 0 Å². The van der Waals surface area contributed by atoms with E-state index in [4.69, 9.17) is 0 Å². The van der Waals surface area contributed by atoms with Crippen LogP contribution in [0.1, 0.15) is 11.1 Å². The summed E-state index contributed by atoms with van der Waals surface area (Å²) < 4.78 is 25.3. The molecule has 0 aliphatic carbocycles. The van der Waals surface area contributed by atoms with Gasteiger partial charge in [0.2, 0.25) is 5.91 Å². The molecule has 2 aliphatic rings. The monoisotopic (exact) mass is 507 g/mol. The molecule has 9 heteroatoms. The van der Waals surface area contributed by atoms with Crippen molar-refractivity contribution in [3.8, 4) is 0 Å².